The number of hydrogen-bond acceptors (Lipinski definition) is 4. The first kappa shape index (κ1) is 36.3. The van der Waals surface area contributed by atoms with E-state index in [0.717, 1.165) is 65.9 Å². The van der Waals surface area contributed by atoms with Crippen LogP contribution in [0.5, 0.6) is 0 Å². The average Bonchev–Trinajstić information content (AvgIpc) is 3.73. The molecule has 3 nitrogen and oxygen atoms in total. The fraction of sp³-hybridized carbons (Fsp3) is 0. The van der Waals surface area contributed by atoms with Gasteiger partial charge in [-0.2, -0.15) is 0 Å². The van der Waals surface area contributed by atoms with Crippen molar-refractivity contribution in [3.8, 4) is 89.8 Å². The number of benzene rings is 9. The third-order valence-corrected chi connectivity index (χ3v) is 12.5. The van der Waals surface area contributed by atoms with Crippen LogP contribution in [0.15, 0.2) is 224 Å². The van der Waals surface area contributed by atoms with Crippen molar-refractivity contribution in [1.82, 2.24) is 15.0 Å². The van der Waals surface area contributed by atoms with Gasteiger partial charge in [-0.3, -0.25) is 0 Å². The molecule has 61 heavy (non-hydrogen) atoms. The lowest BCUT2D eigenvalue weighted by molar-refractivity contribution is 1.08. The molecular weight excluding hydrogens is 759 g/mol. The molecule has 0 saturated carbocycles. The maximum atomic E-state index is 5.40. The van der Waals surface area contributed by atoms with E-state index in [2.05, 4.69) is 224 Å². The van der Waals surface area contributed by atoms with Crippen molar-refractivity contribution >= 4 is 31.5 Å². The fourth-order valence-electron chi connectivity index (χ4n) is 8.24. The number of thiophene rings is 1. The van der Waals surface area contributed by atoms with Crippen LogP contribution >= 0.6 is 11.3 Å². The van der Waals surface area contributed by atoms with Crippen LogP contribution in [0, 0.1) is 0 Å². The summed E-state index contributed by atoms with van der Waals surface area (Å²) in [6.45, 7) is 0. The second-order valence-electron chi connectivity index (χ2n) is 15.2. The van der Waals surface area contributed by atoms with Crippen molar-refractivity contribution in [3.05, 3.63) is 224 Å². The molecule has 9 aromatic carbocycles. The molecule has 286 valence electrons. The molecule has 0 aliphatic carbocycles. The van der Waals surface area contributed by atoms with Crippen LogP contribution in [-0.4, -0.2) is 15.0 Å². The molecule has 0 saturated heterocycles. The van der Waals surface area contributed by atoms with Crippen molar-refractivity contribution < 1.29 is 0 Å². The Hall–Kier alpha value is -7.79. The van der Waals surface area contributed by atoms with Gasteiger partial charge in [0.25, 0.3) is 0 Å². The zero-order valence-electron chi connectivity index (χ0n) is 33.1. The number of aromatic nitrogens is 3. The van der Waals surface area contributed by atoms with Crippen LogP contribution < -0.4 is 0 Å². The van der Waals surface area contributed by atoms with Crippen molar-refractivity contribution in [2.45, 2.75) is 0 Å². The lowest BCUT2D eigenvalue weighted by atomic mass is 9.95. The maximum absolute atomic E-state index is 5.40. The molecule has 11 rings (SSSR count). The SMILES string of the molecule is c1ccc(-c2cc(-c3ccccc3)cc(-c3nc(-c4cc(-c5ccccc5)cc(-c5ccccc5)c4)nc(-c4cccc5c4sc4cc(-c6ccccc6)ccc45)n3)c2)cc1. The van der Waals surface area contributed by atoms with E-state index in [0.29, 0.717) is 17.5 Å². The first-order chi connectivity index (χ1) is 30.2. The Morgan fingerprint density at radius 2 is 0.623 bits per heavy atom. The summed E-state index contributed by atoms with van der Waals surface area (Å²) in [5.41, 5.74) is 14.1. The van der Waals surface area contributed by atoms with Gasteiger partial charge in [0.15, 0.2) is 17.5 Å². The van der Waals surface area contributed by atoms with Crippen LogP contribution in [0.4, 0.5) is 0 Å². The highest BCUT2D eigenvalue weighted by atomic mass is 32.1. The van der Waals surface area contributed by atoms with Crippen molar-refractivity contribution in [3.63, 3.8) is 0 Å². The van der Waals surface area contributed by atoms with E-state index in [1.165, 1.54) is 26.6 Å². The lowest BCUT2D eigenvalue weighted by Gasteiger charge is -2.14. The molecule has 4 heteroatoms. The molecule has 0 atom stereocenters. The van der Waals surface area contributed by atoms with Gasteiger partial charge in [0.05, 0.1) is 0 Å². The highest BCUT2D eigenvalue weighted by Crippen LogP contribution is 2.42. The second kappa shape index (κ2) is 15.8. The van der Waals surface area contributed by atoms with E-state index in [1.807, 2.05) is 0 Å². The van der Waals surface area contributed by atoms with Gasteiger partial charge in [-0.05, 0) is 104 Å². The van der Waals surface area contributed by atoms with E-state index in [-0.39, 0.29) is 0 Å². The van der Waals surface area contributed by atoms with Crippen LogP contribution in [0.25, 0.3) is 110 Å². The van der Waals surface area contributed by atoms with Crippen molar-refractivity contribution in [2.24, 2.45) is 0 Å². The summed E-state index contributed by atoms with van der Waals surface area (Å²) in [6, 6.07) is 79.4. The van der Waals surface area contributed by atoms with Gasteiger partial charge in [-0.25, -0.2) is 15.0 Å². The molecular formula is C57H37N3S. The molecule has 0 N–H and O–H groups in total. The third kappa shape index (κ3) is 7.20. The van der Waals surface area contributed by atoms with E-state index < -0.39 is 0 Å². The Kier molecular flexibility index (Phi) is 9.38. The number of nitrogens with zero attached hydrogens (tertiary/aromatic N) is 3. The summed E-state index contributed by atoms with van der Waals surface area (Å²) in [7, 11) is 0. The van der Waals surface area contributed by atoms with Crippen LogP contribution in [0.3, 0.4) is 0 Å². The number of fused-ring (bicyclic) bond motifs is 3. The minimum Gasteiger partial charge on any atom is -0.208 e. The predicted molar refractivity (Wildman–Crippen MR) is 256 cm³/mol. The van der Waals surface area contributed by atoms with Crippen LogP contribution in [0.2, 0.25) is 0 Å². The summed E-state index contributed by atoms with van der Waals surface area (Å²) in [5.74, 6) is 1.87. The minimum atomic E-state index is 0.616. The molecule has 2 heterocycles. The quantitative estimate of drug-likeness (QED) is 0.154. The highest BCUT2D eigenvalue weighted by Gasteiger charge is 2.19. The Labute approximate surface area is 359 Å². The Balaban J connectivity index is 1.16. The summed E-state index contributed by atoms with van der Waals surface area (Å²) in [5, 5.41) is 2.41. The summed E-state index contributed by atoms with van der Waals surface area (Å²) in [4.78, 5) is 16.2. The maximum Gasteiger partial charge on any atom is 0.165 e. The summed E-state index contributed by atoms with van der Waals surface area (Å²) >= 11 is 1.79. The van der Waals surface area contributed by atoms with Crippen molar-refractivity contribution in [2.75, 3.05) is 0 Å². The summed E-state index contributed by atoms with van der Waals surface area (Å²) < 4.78 is 2.38. The predicted octanol–water partition coefficient (Wildman–Crippen LogP) is 15.6. The molecule has 0 aliphatic rings. The van der Waals surface area contributed by atoms with Gasteiger partial charge < -0.3 is 0 Å². The van der Waals surface area contributed by atoms with E-state index in [9.17, 15) is 0 Å². The molecule has 0 spiro atoms. The molecule has 2 aromatic heterocycles. The minimum absolute atomic E-state index is 0.616. The first-order valence-corrected chi connectivity index (χ1v) is 21.3. The van der Waals surface area contributed by atoms with Crippen LogP contribution in [-0.2, 0) is 0 Å². The first-order valence-electron chi connectivity index (χ1n) is 20.5. The van der Waals surface area contributed by atoms with Gasteiger partial charge in [-0.15, -0.1) is 11.3 Å². The molecule has 0 fully saturated rings. The van der Waals surface area contributed by atoms with E-state index in [1.54, 1.807) is 11.3 Å². The Morgan fingerprint density at radius 3 is 1.05 bits per heavy atom. The molecule has 0 aliphatic heterocycles. The van der Waals surface area contributed by atoms with E-state index >= 15 is 0 Å². The topological polar surface area (TPSA) is 38.7 Å². The third-order valence-electron chi connectivity index (χ3n) is 11.3. The van der Waals surface area contributed by atoms with Gasteiger partial charge >= 0.3 is 0 Å². The largest absolute Gasteiger partial charge is 0.208 e. The fourth-order valence-corrected chi connectivity index (χ4v) is 9.49. The Bertz CT molecular complexity index is 3070. The van der Waals surface area contributed by atoms with E-state index in [4.69, 9.17) is 15.0 Å². The molecule has 0 bridgehead atoms. The monoisotopic (exact) mass is 795 g/mol. The van der Waals surface area contributed by atoms with Gasteiger partial charge in [-0.1, -0.05) is 176 Å². The van der Waals surface area contributed by atoms with Crippen LogP contribution in [0.1, 0.15) is 0 Å². The van der Waals surface area contributed by atoms with Gasteiger partial charge in [0, 0.05) is 36.9 Å². The second-order valence-corrected chi connectivity index (χ2v) is 16.3. The zero-order chi connectivity index (χ0) is 40.5. The van der Waals surface area contributed by atoms with Gasteiger partial charge in [0.1, 0.15) is 0 Å². The summed E-state index contributed by atoms with van der Waals surface area (Å²) in [6.07, 6.45) is 0. The molecule has 11 aromatic rings. The normalized spacial score (nSPS) is 11.3. The molecule has 0 amide bonds. The Morgan fingerprint density at radius 1 is 0.246 bits per heavy atom. The average molecular weight is 796 g/mol. The number of rotatable bonds is 8. The van der Waals surface area contributed by atoms with Gasteiger partial charge in [0.2, 0.25) is 0 Å². The smallest absolute Gasteiger partial charge is 0.165 e. The number of hydrogen-bond donors (Lipinski definition) is 0. The molecule has 0 unspecified atom stereocenters. The standard InChI is InChI=1S/C57H37N3S/c1-6-17-38(18-7-1)43-29-30-50-51-27-16-28-52(54(51)61-53(50)37-43)57-59-55(48-33-44(39-19-8-2-9-20-39)31-45(34-48)40-21-10-3-11-22-40)58-56(60-57)49-35-46(41-23-12-4-13-24-41)32-47(36-49)42-25-14-5-15-26-42/h1-37H. The zero-order valence-corrected chi connectivity index (χ0v) is 33.9. The lowest BCUT2D eigenvalue weighted by Crippen LogP contribution is -2.01. The highest BCUT2D eigenvalue weighted by molar-refractivity contribution is 7.26. The molecule has 0 radical (unpaired) electrons. The van der Waals surface area contributed by atoms with Crippen molar-refractivity contribution in [1.29, 1.82) is 0 Å².